The van der Waals surface area contributed by atoms with Crippen molar-refractivity contribution in [3.05, 3.63) is 47.4 Å². The number of aryl methyl sites for hydroxylation is 3. The summed E-state index contributed by atoms with van der Waals surface area (Å²) < 4.78 is 7.30. The van der Waals surface area contributed by atoms with Gasteiger partial charge in [-0.15, -0.1) is 0 Å². The zero-order valence-electron chi connectivity index (χ0n) is 15.9. The molecule has 0 atom stereocenters. The Morgan fingerprint density at radius 3 is 2.67 bits per heavy atom. The first-order chi connectivity index (χ1) is 13.1. The van der Waals surface area contributed by atoms with E-state index < -0.39 is 0 Å². The Labute approximate surface area is 158 Å². The van der Waals surface area contributed by atoms with E-state index in [1.54, 1.807) is 0 Å². The number of para-hydroxylation sites is 1. The van der Waals surface area contributed by atoms with Gasteiger partial charge in [0.25, 0.3) is 0 Å². The third-order valence-corrected chi connectivity index (χ3v) is 5.19. The third kappa shape index (κ3) is 3.88. The van der Waals surface area contributed by atoms with Crippen LogP contribution in [0.15, 0.2) is 34.9 Å². The van der Waals surface area contributed by atoms with Gasteiger partial charge in [-0.3, -0.25) is 14.4 Å². The number of carbonyl (C=O) groups is 1. The van der Waals surface area contributed by atoms with Crippen molar-refractivity contribution in [3.8, 4) is 0 Å². The lowest BCUT2D eigenvalue weighted by atomic mass is 10.2. The first-order valence-electron chi connectivity index (χ1n) is 9.44. The maximum atomic E-state index is 12.5. The Balaban J connectivity index is 1.28. The lowest BCUT2D eigenvalue weighted by Gasteiger charge is -2.34. The van der Waals surface area contributed by atoms with Crippen molar-refractivity contribution in [2.45, 2.75) is 33.4 Å². The number of nitrogens with zero attached hydrogens (tertiary/aromatic N) is 5. The zero-order valence-corrected chi connectivity index (χ0v) is 15.9. The number of carbonyl (C=O) groups excluding carboxylic acids is 1. The van der Waals surface area contributed by atoms with Crippen molar-refractivity contribution in [2.75, 3.05) is 26.2 Å². The number of hydrogen-bond donors (Lipinski definition) is 0. The molecule has 0 unspecified atom stereocenters. The summed E-state index contributed by atoms with van der Waals surface area (Å²) in [5.74, 6) is 0.203. The van der Waals surface area contributed by atoms with Gasteiger partial charge in [0.15, 0.2) is 5.58 Å². The van der Waals surface area contributed by atoms with E-state index in [1.165, 1.54) is 0 Å². The summed E-state index contributed by atoms with van der Waals surface area (Å²) in [4.78, 5) is 16.8. The number of benzene rings is 1. The molecule has 4 rings (SSSR count). The van der Waals surface area contributed by atoms with E-state index in [2.05, 4.69) is 15.2 Å². The van der Waals surface area contributed by atoms with Gasteiger partial charge in [-0.05, 0) is 32.0 Å². The highest BCUT2D eigenvalue weighted by molar-refractivity contribution is 5.79. The van der Waals surface area contributed by atoms with Crippen molar-refractivity contribution in [3.63, 3.8) is 0 Å². The van der Waals surface area contributed by atoms with Crippen LogP contribution in [0.25, 0.3) is 11.0 Å². The summed E-state index contributed by atoms with van der Waals surface area (Å²) in [5, 5.41) is 9.71. The summed E-state index contributed by atoms with van der Waals surface area (Å²) in [6.07, 6.45) is 0.496. The monoisotopic (exact) mass is 367 g/mol. The molecule has 0 aliphatic carbocycles. The molecule has 1 aliphatic heterocycles. The van der Waals surface area contributed by atoms with Gasteiger partial charge in [0.1, 0.15) is 5.69 Å². The Kier molecular flexibility index (Phi) is 4.94. The fraction of sp³-hybridized carbons (Fsp3) is 0.450. The van der Waals surface area contributed by atoms with Crippen LogP contribution in [0, 0.1) is 13.8 Å². The molecule has 142 valence electrons. The van der Waals surface area contributed by atoms with Crippen molar-refractivity contribution in [2.24, 2.45) is 0 Å². The topological polar surface area (TPSA) is 67.4 Å². The van der Waals surface area contributed by atoms with Crippen LogP contribution in [0.1, 0.15) is 23.5 Å². The minimum Gasteiger partial charge on any atom is -0.356 e. The average Bonchev–Trinajstić information content (AvgIpc) is 3.23. The summed E-state index contributed by atoms with van der Waals surface area (Å²) in [7, 11) is 0. The van der Waals surface area contributed by atoms with Gasteiger partial charge in [-0.1, -0.05) is 17.3 Å². The molecule has 0 N–H and O–H groups in total. The van der Waals surface area contributed by atoms with E-state index >= 15 is 0 Å². The Hall–Kier alpha value is -2.67. The van der Waals surface area contributed by atoms with Crippen LogP contribution in [0.3, 0.4) is 0 Å². The van der Waals surface area contributed by atoms with E-state index in [4.69, 9.17) is 4.52 Å². The van der Waals surface area contributed by atoms with Crippen LogP contribution in [0.4, 0.5) is 0 Å². The van der Waals surface area contributed by atoms with Crippen molar-refractivity contribution in [1.82, 2.24) is 24.7 Å². The van der Waals surface area contributed by atoms with Gasteiger partial charge in [0.05, 0.1) is 5.69 Å². The molecule has 7 nitrogen and oxygen atoms in total. The van der Waals surface area contributed by atoms with E-state index in [0.717, 1.165) is 60.8 Å². The van der Waals surface area contributed by atoms with Crippen LogP contribution in [0.5, 0.6) is 0 Å². The largest absolute Gasteiger partial charge is 0.356 e. The molecule has 27 heavy (non-hydrogen) atoms. The van der Waals surface area contributed by atoms with Gasteiger partial charge >= 0.3 is 0 Å². The second kappa shape index (κ2) is 7.52. The number of hydrogen-bond acceptors (Lipinski definition) is 5. The number of fused-ring (bicyclic) bond motifs is 1. The predicted octanol–water partition coefficient (Wildman–Crippen LogP) is 2.38. The summed E-state index contributed by atoms with van der Waals surface area (Å²) in [6.45, 7) is 8.62. The maximum Gasteiger partial charge on any atom is 0.224 e. The van der Waals surface area contributed by atoms with E-state index in [0.29, 0.717) is 13.0 Å². The fourth-order valence-electron chi connectivity index (χ4n) is 3.68. The number of amides is 1. The normalized spacial score (nSPS) is 15.6. The number of piperazine rings is 1. The molecule has 3 heterocycles. The van der Waals surface area contributed by atoms with Crippen LogP contribution in [0.2, 0.25) is 0 Å². The average molecular weight is 367 g/mol. The van der Waals surface area contributed by atoms with E-state index in [-0.39, 0.29) is 5.91 Å². The first-order valence-corrected chi connectivity index (χ1v) is 9.44. The smallest absolute Gasteiger partial charge is 0.224 e. The van der Waals surface area contributed by atoms with E-state index in [9.17, 15) is 4.79 Å². The predicted molar refractivity (Wildman–Crippen MR) is 102 cm³/mol. The summed E-state index contributed by atoms with van der Waals surface area (Å²) in [6, 6.07) is 9.97. The number of aromatic nitrogens is 3. The van der Waals surface area contributed by atoms with Gasteiger partial charge in [0.2, 0.25) is 5.91 Å². The Bertz CT molecular complexity index is 937. The fourth-order valence-corrected chi connectivity index (χ4v) is 3.68. The summed E-state index contributed by atoms with van der Waals surface area (Å²) in [5.41, 5.74) is 3.89. The van der Waals surface area contributed by atoms with Crippen LogP contribution in [-0.4, -0.2) is 56.8 Å². The van der Waals surface area contributed by atoms with Crippen LogP contribution < -0.4 is 0 Å². The lowest BCUT2D eigenvalue weighted by Crippen LogP contribution is -2.48. The molecule has 0 bridgehead atoms. The molecular formula is C20H25N5O2. The molecule has 1 amide bonds. The Morgan fingerprint density at radius 2 is 1.93 bits per heavy atom. The SMILES string of the molecule is Cc1cc(C)n(CCC(=O)N2CCN(Cc3noc4ccccc34)CC2)n1. The lowest BCUT2D eigenvalue weighted by molar-refractivity contribution is -0.133. The zero-order chi connectivity index (χ0) is 18.8. The third-order valence-electron chi connectivity index (χ3n) is 5.19. The standard InChI is InChI=1S/C20H25N5O2/c1-15-13-16(2)25(21-15)8-7-20(26)24-11-9-23(10-12-24)14-18-17-5-3-4-6-19(17)27-22-18/h3-6,13H,7-12,14H2,1-2H3. The van der Waals surface area contributed by atoms with Gasteiger partial charge < -0.3 is 9.42 Å². The number of rotatable bonds is 5. The Morgan fingerprint density at radius 1 is 1.15 bits per heavy atom. The molecular weight excluding hydrogens is 342 g/mol. The van der Waals surface area contributed by atoms with Gasteiger partial charge in [-0.2, -0.15) is 5.10 Å². The van der Waals surface area contributed by atoms with Crippen molar-refractivity contribution < 1.29 is 9.32 Å². The van der Waals surface area contributed by atoms with Crippen LogP contribution >= 0.6 is 0 Å². The molecule has 2 aromatic heterocycles. The van der Waals surface area contributed by atoms with Gasteiger partial charge in [0, 0.05) is 56.8 Å². The molecule has 0 radical (unpaired) electrons. The second-order valence-corrected chi connectivity index (χ2v) is 7.18. The molecule has 0 spiro atoms. The highest BCUT2D eigenvalue weighted by Gasteiger charge is 2.22. The molecule has 1 aliphatic rings. The first kappa shape index (κ1) is 17.7. The highest BCUT2D eigenvalue weighted by Crippen LogP contribution is 2.20. The minimum absolute atomic E-state index is 0.203. The summed E-state index contributed by atoms with van der Waals surface area (Å²) >= 11 is 0. The maximum absolute atomic E-state index is 12.5. The molecule has 7 heteroatoms. The molecule has 1 fully saturated rings. The molecule has 1 aromatic carbocycles. The van der Waals surface area contributed by atoms with Gasteiger partial charge in [-0.25, -0.2) is 0 Å². The highest BCUT2D eigenvalue weighted by atomic mass is 16.5. The quantitative estimate of drug-likeness (QED) is 0.693. The minimum atomic E-state index is 0.203. The van der Waals surface area contributed by atoms with Crippen LogP contribution in [-0.2, 0) is 17.9 Å². The molecule has 3 aromatic rings. The van der Waals surface area contributed by atoms with Crippen molar-refractivity contribution in [1.29, 1.82) is 0 Å². The van der Waals surface area contributed by atoms with E-state index in [1.807, 2.05) is 53.8 Å². The second-order valence-electron chi connectivity index (χ2n) is 7.18. The molecule has 1 saturated heterocycles. The van der Waals surface area contributed by atoms with Crippen molar-refractivity contribution >= 4 is 16.9 Å². The molecule has 0 saturated carbocycles.